The van der Waals surface area contributed by atoms with Crippen LogP contribution >= 0.6 is 11.8 Å². The molecule has 0 bridgehead atoms. The fourth-order valence-corrected chi connectivity index (χ4v) is 5.64. The average molecular weight is 508 g/mol. The van der Waals surface area contributed by atoms with E-state index in [9.17, 15) is 18.8 Å². The van der Waals surface area contributed by atoms with E-state index in [2.05, 4.69) is 21.3 Å². The minimum atomic E-state index is -0.773. The molecule has 0 radical (unpaired) electrons. The molecule has 5 rings (SSSR count). The zero-order valence-corrected chi connectivity index (χ0v) is 20.8. The number of piperidine rings is 1. The topological polar surface area (TPSA) is 92.1 Å². The highest BCUT2D eigenvalue weighted by Crippen LogP contribution is 2.37. The zero-order valence-electron chi connectivity index (χ0n) is 20.0. The number of amides is 1. The third-order valence-electron chi connectivity index (χ3n) is 6.59. The normalized spacial score (nSPS) is 14.4. The molecule has 1 aliphatic rings. The van der Waals surface area contributed by atoms with E-state index in [1.807, 2.05) is 28.8 Å². The number of aromatic nitrogens is 5. The van der Waals surface area contributed by atoms with Crippen molar-refractivity contribution in [1.29, 1.82) is 5.26 Å². The van der Waals surface area contributed by atoms with Crippen LogP contribution in [0.4, 0.5) is 8.78 Å². The molecule has 0 saturated carbocycles. The number of rotatable bonds is 4. The molecule has 1 fully saturated rings. The van der Waals surface area contributed by atoms with Crippen LogP contribution in [0.5, 0.6) is 0 Å². The molecular formula is C25H23F2N7OS. The quantitative estimate of drug-likeness (QED) is 0.398. The van der Waals surface area contributed by atoms with Crippen molar-refractivity contribution in [2.45, 2.75) is 49.6 Å². The minimum absolute atomic E-state index is 0.0164. The molecule has 4 aromatic rings. The molecular weight excluding hydrogens is 484 g/mol. The molecule has 11 heteroatoms. The average Bonchev–Trinajstić information content (AvgIpc) is 3.45. The third-order valence-corrected chi connectivity index (χ3v) is 7.60. The van der Waals surface area contributed by atoms with Crippen molar-refractivity contribution in [3.8, 4) is 17.2 Å². The van der Waals surface area contributed by atoms with Crippen LogP contribution in [0.1, 0.15) is 42.8 Å². The van der Waals surface area contributed by atoms with Crippen molar-refractivity contribution >= 4 is 23.2 Å². The van der Waals surface area contributed by atoms with Gasteiger partial charge in [0.25, 0.3) is 0 Å². The van der Waals surface area contributed by atoms with Crippen LogP contribution in [0.3, 0.4) is 0 Å². The van der Waals surface area contributed by atoms with E-state index in [1.165, 1.54) is 13.1 Å². The molecule has 184 valence electrons. The number of hydrogen-bond acceptors (Lipinski definition) is 6. The Kier molecular flexibility index (Phi) is 6.22. The van der Waals surface area contributed by atoms with Crippen molar-refractivity contribution in [2.75, 3.05) is 13.1 Å². The highest BCUT2D eigenvalue weighted by Gasteiger charge is 2.25. The van der Waals surface area contributed by atoms with E-state index < -0.39 is 11.6 Å². The van der Waals surface area contributed by atoms with Crippen molar-refractivity contribution < 1.29 is 13.6 Å². The molecule has 0 atom stereocenters. The maximum Gasteiger partial charge on any atom is 0.219 e. The maximum absolute atomic E-state index is 14.6. The number of nitrogens with zero attached hydrogens (tertiary/aromatic N) is 7. The third kappa shape index (κ3) is 4.22. The van der Waals surface area contributed by atoms with Gasteiger partial charge in [0.2, 0.25) is 5.91 Å². The van der Waals surface area contributed by atoms with Gasteiger partial charge in [0.15, 0.2) is 5.82 Å². The highest BCUT2D eigenvalue weighted by molar-refractivity contribution is 7.99. The fourth-order valence-electron chi connectivity index (χ4n) is 4.60. The summed E-state index contributed by atoms with van der Waals surface area (Å²) >= 11 is 1.02. The van der Waals surface area contributed by atoms with Gasteiger partial charge in [0.1, 0.15) is 16.9 Å². The standard InChI is InChI=1S/C25H23F2N7OS/c1-14-21(26)9-22(27)25(31-14)36-23-8-17(13-33-24(23)18(10-28)11-29-33)20-12-30-34(15(20)2)19-4-6-32(7-5-19)16(3)35/h8-9,11-13,19H,4-7H2,1-3H3. The van der Waals surface area contributed by atoms with E-state index in [0.29, 0.717) is 29.1 Å². The molecule has 1 saturated heterocycles. The Morgan fingerprint density at radius 1 is 1.14 bits per heavy atom. The van der Waals surface area contributed by atoms with Crippen LogP contribution < -0.4 is 0 Å². The lowest BCUT2D eigenvalue weighted by atomic mass is 10.0. The number of halogens is 2. The molecule has 1 amide bonds. The van der Waals surface area contributed by atoms with Gasteiger partial charge in [-0.2, -0.15) is 15.5 Å². The number of likely N-dealkylation sites (tertiary alicyclic amines) is 1. The first-order valence-corrected chi connectivity index (χ1v) is 12.3. The van der Waals surface area contributed by atoms with Crippen LogP contribution in [-0.2, 0) is 4.79 Å². The second kappa shape index (κ2) is 9.35. The molecule has 0 unspecified atom stereocenters. The fraction of sp³-hybridized carbons (Fsp3) is 0.320. The number of carbonyl (C=O) groups excluding carboxylic acids is 1. The van der Waals surface area contributed by atoms with E-state index in [-0.39, 0.29) is 22.7 Å². The molecule has 0 aromatic carbocycles. The van der Waals surface area contributed by atoms with E-state index in [1.54, 1.807) is 17.6 Å². The highest BCUT2D eigenvalue weighted by atomic mass is 32.2. The summed E-state index contributed by atoms with van der Waals surface area (Å²) in [7, 11) is 0. The summed E-state index contributed by atoms with van der Waals surface area (Å²) in [6, 6.07) is 4.98. The number of nitriles is 1. The van der Waals surface area contributed by atoms with Gasteiger partial charge in [-0.05, 0) is 32.8 Å². The SMILES string of the molecule is CC(=O)N1CCC(n2ncc(-c3cc(Sc4nc(C)c(F)cc4F)c4c(C#N)cnn4c3)c2C)CC1. The van der Waals surface area contributed by atoms with Gasteiger partial charge >= 0.3 is 0 Å². The number of fused-ring (bicyclic) bond motifs is 1. The summed E-state index contributed by atoms with van der Waals surface area (Å²) in [6.07, 6.45) is 6.70. The van der Waals surface area contributed by atoms with E-state index in [4.69, 9.17) is 0 Å². The Labute approximate surface area is 210 Å². The lowest BCUT2D eigenvalue weighted by Gasteiger charge is -2.32. The summed E-state index contributed by atoms with van der Waals surface area (Å²) in [5, 5.41) is 18.6. The first-order chi connectivity index (χ1) is 17.3. The second-order valence-corrected chi connectivity index (χ2v) is 9.86. The Balaban J connectivity index is 1.54. The summed E-state index contributed by atoms with van der Waals surface area (Å²) in [5.74, 6) is -1.40. The number of hydrogen-bond donors (Lipinski definition) is 0. The Morgan fingerprint density at radius 3 is 2.58 bits per heavy atom. The molecule has 36 heavy (non-hydrogen) atoms. The van der Waals surface area contributed by atoms with Crippen molar-refractivity contribution in [3.05, 3.63) is 59.3 Å². The number of pyridine rings is 2. The van der Waals surface area contributed by atoms with Gasteiger partial charge in [0, 0.05) is 54.0 Å². The molecule has 1 aliphatic heterocycles. The van der Waals surface area contributed by atoms with Crippen LogP contribution in [-0.4, -0.2) is 48.3 Å². The lowest BCUT2D eigenvalue weighted by molar-refractivity contribution is -0.130. The van der Waals surface area contributed by atoms with E-state index in [0.717, 1.165) is 47.5 Å². The predicted octanol–water partition coefficient (Wildman–Crippen LogP) is 4.69. The van der Waals surface area contributed by atoms with Crippen LogP contribution in [0.25, 0.3) is 16.6 Å². The van der Waals surface area contributed by atoms with Gasteiger partial charge in [-0.1, -0.05) is 11.8 Å². The summed E-state index contributed by atoms with van der Waals surface area (Å²) in [5.41, 5.74) is 3.59. The molecule has 8 nitrogen and oxygen atoms in total. The number of carbonyl (C=O) groups is 1. The zero-order chi connectivity index (χ0) is 25.6. The van der Waals surface area contributed by atoms with Gasteiger partial charge in [-0.3, -0.25) is 9.48 Å². The summed E-state index contributed by atoms with van der Waals surface area (Å²) in [6.45, 7) is 6.45. The molecule has 0 aliphatic carbocycles. The molecule has 0 N–H and O–H groups in total. The van der Waals surface area contributed by atoms with Crippen LogP contribution in [0.2, 0.25) is 0 Å². The largest absolute Gasteiger partial charge is 0.343 e. The van der Waals surface area contributed by atoms with Gasteiger partial charge in [-0.25, -0.2) is 18.3 Å². The lowest BCUT2D eigenvalue weighted by Crippen LogP contribution is -2.38. The maximum atomic E-state index is 14.6. The summed E-state index contributed by atoms with van der Waals surface area (Å²) < 4.78 is 31.9. The predicted molar refractivity (Wildman–Crippen MR) is 129 cm³/mol. The molecule has 5 heterocycles. The van der Waals surface area contributed by atoms with E-state index >= 15 is 0 Å². The Bertz CT molecular complexity index is 1530. The minimum Gasteiger partial charge on any atom is -0.343 e. The molecule has 4 aromatic heterocycles. The first-order valence-electron chi connectivity index (χ1n) is 11.5. The van der Waals surface area contributed by atoms with Crippen molar-refractivity contribution in [3.63, 3.8) is 0 Å². The van der Waals surface area contributed by atoms with Gasteiger partial charge in [-0.15, -0.1) is 0 Å². The smallest absolute Gasteiger partial charge is 0.219 e. The Morgan fingerprint density at radius 2 is 1.89 bits per heavy atom. The number of aryl methyl sites for hydroxylation is 1. The van der Waals surface area contributed by atoms with Gasteiger partial charge < -0.3 is 4.90 Å². The Hall–Kier alpha value is -3.78. The first kappa shape index (κ1) is 23.9. The van der Waals surface area contributed by atoms with Crippen molar-refractivity contribution in [1.82, 2.24) is 29.3 Å². The monoisotopic (exact) mass is 507 g/mol. The van der Waals surface area contributed by atoms with Crippen LogP contribution in [0.15, 0.2) is 40.6 Å². The second-order valence-electron chi connectivity index (χ2n) is 8.83. The summed E-state index contributed by atoms with van der Waals surface area (Å²) in [4.78, 5) is 18.2. The van der Waals surface area contributed by atoms with Crippen LogP contribution in [0, 0.1) is 36.8 Å². The van der Waals surface area contributed by atoms with Gasteiger partial charge in [0.05, 0.1) is 35.2 Å². The molecule has 0 spiro atoms. The van der Waals surface area contributed by atoms with Crippen molar-refractivity contribution in [2.24, 2.45) is 0 Å².